The fourth-order valence-corrected chi connectivity index (χ4v) is 7.80. The summed E-state index contributed by atoms with van der Waals surface area (Å²) in [6.07, 6.45) is 0.930. The van der Waals surface area contributed by atoms with Gasteiger partial charge >= 0.3 is 0 Å². The van der Waals surface area contributed by atoms with Crippen molar-refractivity contribution in [3.05, 3.63) is 54.2 Å². The Morgan fingerprint density at radius 3 is 1.31 bits per heavy atom. The number of hydrogen-bond acceptors (Lipinski definition) is 6. The molecule has 0 fully saturated rings. The Hall–Kier alpha value is -1.34. The van der Waals surface area contributed by atoms with Gasteiger partial charge in [-0.25, -0.2) is 9.97 Å². The zero-order valence-electron chi connectivity index (χ0n) is 16.4. The van der Waals surface area contributed by atoms with E-state index in [0.29, 0.717) is 0 Å². The highest BCUT2D eigenvalue weighted by molar-refractivity contribution is 7.23. The Bertz CT molecular complexity index is 1040. The summed E-state index contributed by atoms with van der Waals surface area (Å²) in [4.78, 5) is 17.8. The van der Waals surface area contributed by atoms with Crippen molar-refractivity contribution in [1.82, 2.24) is 9.97 Å². The molecule has 2 nitrogen and oxygen atoms in total. The molecule has 0 unspecified atom stereocenters. The molecule has 0 amide bonds. The molecule has 6 heteroatoms. The highest BCUT2D eigenvalue weighted by atomic mass is 32.1. The number of aromatic nitrogens is 2. The zero-order chi connectivity index (χ0) is 19.3. The summed E-state index contributed by atoms with van der Waals surface area (Å²) < 4.78 is 0. The summed E-state index contributed by atoms with van der Waals surface area (Å²) in [5.74, 6) is 0. The lowest BCUT2D eigenvalue weighted by molar-refractivity contribution is 1.13. The Kier molecular flexibility index (Phi) is 7.60. The molecular formula is C23H30N2S4. The Balaban J connectivity index is 0.00000150. The molecule has 0 radical (unpaired) electrons. The van der Waals surface area contributed by atoms with Crippen LogP contribution in [-0.4, -0.2) is 9.97 Å². The molecule has 0 saturated carbocycles. The van der Waals surface area contributed by atoms with E-state index in [1.54, 1.807) is 0 Å². The number of aryl methyl sites for hydroxylation is 6. The monoisotopic (exact) mass is 462 g/mol. The highest BCUT2D eigenvalue weighted by Crippen LogP contribution is 2.39. The van der Waals surface area contributed by atoms with Gasteiger partial charge in [-0.1, -0.05) is 14.9 Å². The second-order valence-electron chi connectivity index (χ2n) is 6.97. The lowest BCUT2D eigenvalue weighted by Gasteiger charge is -1.96. The summed E-state index contributed by atoms with van der Waals surface area (Å²) in [5.41, 5.74) is 4.96. The van der Waals surface area contributed by atoms with Crippen molar-refractivity contribution in [3.8, 4) is 19.8 Å². The molecule has 156 valence electrons. The van der Waals surface area contributed by atoms with Gasteiger partial charge in [0.05, 0.1) is 21.1 Å². The quantitative estimate of drug-likeness (QED) is 0.303. The average Bonchev–Trinajstić information content (AvgIpc) is 3.30. The van der Waals surface area contributed by atoms with E-state index in [0.717, 1.165) is 27.8 Å². The molecule has 0 spiro atoms. The molecule has 4 aromatic rings. The van der Waals surface area contributed by atoms with Gasteiger partial charge in [-0.3, -0.25) is 0 Å². The van der Waals surface area contributed by atoms with Crippen LogP contribution >= 0.6 is 45.3 Å². The smallest absolute Gasteiger partial charge is 0.134 e. The highest BCUT2D eigenvalue weighted by Gasteiger charge is 2.18. The first-order valence-electron chi connectivity index (χ1n) is 8.89. The minimum absolute atomic E-state index is 0. The van der Waals surface area contributed by atoms with Crippen LogP contribution in [0.15, 0.2) is 12.1 Å². The zero-order valence-corrected chi connectivity index (χ0v) is 19.7. The van der Waals surface area contributed by atoms with Crippen molar-refractivity contribution in [2.75, 3.05) is 0 Å². The predicted molar refractivity (Wildman–Crippen MR) is 136 cm³/mol. The predicted octanol–water partition coefficient (Wildman–Crippen LogP) is 8.77. The molecule has 0 bridgehead atoms. The third-order valence-electron chi connectivity index (χ3n) is 4.58. The van der Waals surface area contributed by atoms with Gasteiger partial charge in [-0.15, -0.1) is 45.3 Å². The van der Waals surface area contributed by atoms with Gasteiger partial charge in [0.15, 0.2) is 0 Å². The van der Waals surface area contributed by atoms with E-state index in [1.165, 1.54) is 40.4 Å². The van der Waals surface area contributed by atoms with E-state index in [-0.39, 0.29) is 14.9 Å². The van der Waals surface area contributed by atoms with Gasteiger partial charge in [-0.2, -0.15) is 0 Å². The summed E-state index contributed by atoms with van der Waals surface area (Å²) in [6.45, 7) is 13.0. The second-order valence-corrected chi connectivity index (χ2v) is 11.7. The molecule has 0 aliphatic heterocycles. The molecule has 0 atom stereocenters. The summed E-state index contributed by atoms with van der Waals surface area (Å²) in [6, 6.07) is 4.50. The number of thiophene rings is 2. The topological polar surface area (TPSA) is 25.8 Å². The van der Waals surface area contributed by atoms with Crippen molar-refractivity contribution >= 4 is 45.3 Å². The molecule has 0 N–H and O–H groups in total. The molecular weight excluding hydrogens is 433 g/mol. The van der Waals surface area contributed by atoms with Crippen LogP contribution in [0.25, 0.3) is 19.8 Å². The lowest BCUT2D eigenvalue weighted by atomic mass is 10.2. The first-order chi connectivity index (χ1) is 12.8. The minimum atomic E-state index is 0. The lowest BCUT2D eigenvalue weighted by Crippen LogP contribution is -1.87. The first kappa shape index (κ1) is 23.9. The third kappa shape index (κ3) is 4.71. The molecule has 4 aromatic heterocycles. The molecule has 0 saturated heterocycles. The Labute approximate surface area is 191 Å². The van der Waals surface area contributed by atoms with Crippen molar-refractivity contribution in [1.29, 1.82) is 0 Å². The maximum atomic E-state index is 4.88. The normalized spacial score (nSPS) is 10.7. The number of rotatable bonds is 4. The minimum Gasteiger partial charge on any atom is -0.240 e. The molecule has 0 aromatic carbocycles. The van der Waals surface area contributed by atoms with Crippen LogP contribution in [-0.2, 0) is 6.42 Å². The van der Waals surface area contributed by atoms with Gasteiger partial charge in [0.2, 0.25) is 0 Å². The van der Waals surface area contributed by atoms with E-state index >= 15 is 0 Å². The van der Waals surface area contributed by atoms with E-state index in [1.807, 2.05) is 45.3 Å². The fourth-order valence-electron chi connectivity index (χ4n) is 3.23. The molecule has 4 heterocycles. The van der Waals surface area contributed by atoms with Gasteiger partial charge in [0.25, 0.3) is 0 Å². The van der Waals surface area contributed by atoms with Crippen LogP contribution in [0.5, 0.6) is 0 Å². The summed E-state index contributed by atoms with van der Waals surface area (Å²) in [7, 11) is 0. The summed E-state index contributed by atoms with van der Waals surface area (Å²) >= 11 is 7.36. The number of hydrogen-bond donors (Lipinski definition) is 0. The van der Waals surface area contributed by atoms with Gasteiger partial charge in [0.1, 0.15) is 10.0 Å². The van der Waals surface area contributed by atoms with Crippen LogP contribution in [0, 0.1) is 41.5 Å². The average molecular weight is 463 g/mol. The largest absolute Gasteiger partial charge is 0.240 e. The summed E-state index contributed by atoms with van der Waals surface area (Å²) in [5, 5.41) is 2.32. The van der Waals surface area contributed by atoms with Crippen LogP contribution in [0.2, 0.25) is 0 Å². The molecule has 0 aliphatic carbocycles. The SMILES string of the molecule is C.C.Cc1cc(C)c(-c2nc(C)c(Cc3sc(-c4sc(C)cc4C)nc3C)s2)s1. The maximum absolute atomic E-state index is 4.88. The second kappa shape index (κ2) is 9.21. The first-order valence-corrected chi connectivity index (χ1v) is 12.2. The number of thiazole rings is 2. The number of nitrogens with zero attached hydrogens (tertiary/aromatic N) is 2. The standard InChI is InChI=1S/C21H22N2S4.2CH4/c1-10-7-12(3)24-18(10)20-22-14(5)16(26-20)9-17-15(6)23-21(27-17)19-11(2)8-13(4)25-19;;/h7-8H,9H2,1-6H3;2*1H4. The van der Waals surface area contributed by atoms with E-state index < -0.39 is 0 Å². The molecule has 29 heavy (non-hydrogen) atoms. The van der Waals surface area contributed by atoms with E-state index in [2.05, 4.69) is 53.7 Å². The van der Waals surface area contributed by atoms with Crippen molar-refractivity contribution in [2.24, 2.45) is 0 Å². The van der Waals surface area contributed by atoms with Gasteiger partial charge in [0, 0.05) is 25.9 Å². The van der Waals surface area contributed by atoms with Crippen molar-refractivity contribution in [2.45, 2.75) is 62.8 Å². The van der Waals surface area contributed by atoms with Crippen molar-refractivity contribution < 1.29 is 0 Å². The molecule has 4 rings (SSSR count). The Morgan fingerprint density at radius 1 is 0.621 bits per heavy atom. The van der Waals surface area contributed by atoms with E-state index in [4.69, 9.17) is 9.97 Å². The van der Waals surface area contributed by atoms with Gasteiger partial charge in [-0.05, 0) is 64.8 Å². The van der Waals surface area contributed by atoms with E-state index in [9.17, 15) is 0 Å². The van der Waals surface area contributed by atoms with Crippen LogP contribution < -0.4 is 0 Å². The fraction of sp³-hybridized carbons (Fsp3) is 0.391. The van der Waals surface area contributed by atoms with Crippen LogP contribution in [0.1, 0.15) is 56.9 Å². The third-order valence-corrected chi connectivity index (χ3v) is 9.50. The Morgan fingerprint density at radius 2 is 1.00 bits per heavy atom. The van der Waals surface area contributed by atoms with Gasteiger partial charge < -0.3 is 0 Å². The molecule has 0 aliphatic rings. The van der Waals surface area contributed by atoms with Crippen LogP contribution in [0.3, 0.4) is 0 Å². The maximum Gasteiger partial charge on any atom is 0.134 e. The van der Waals surface area contributed by atoms with Crippen molar-refractivity contribution in [3.63, 3.8) is 0 Å². The van der Waals surface area contributed by atoms with Crippen LogP contribution in [0.4, 0.5) is 0 Å².